The minimum Gasteiger partial charge on any atom is -0.352 e. The number of carbonyl (C=O) groups excluding carboxylic acids is 2. The molecule has 0 saturated carbocycles. The van der Waals surface area contributed by atoms with E-state index < -0.39 is 28.5 Å². The van der Waals surface area contributed by atoms with E-state index in [1.54, 1.807) is 36.4 Å². The number of aryl methyl sites for hydroxylation is 2. The molecule has 0 aliphatic carbocycles. The topological polar surface area (TPSA) is 86.8 Å². The second-order valence-corrected chi connectivity index (χ2v) is 12.9. The number of benzene rings is 3. The molecular weight excluding hydrogens is 581 g/mol. The van der Waals surface area contributed by atoms with E-state index in [-0.39, 0.29) is 23.4 Å². The molecule has 0 fully saturated rings. The summed E-state index contributed by atoms with van der Waals surface area (Å²) in [5, 5.41) is 3.91. The number of anilines is 1. The maximum absolute atomic E-state index is 14.1. The minimum absolute atomic E-state index is 0.00117. The number of rotatable bonds is 12. The molecule has 41 heavy (non-hydrogen) atoms. The normalized spacial score (nSPS) is 12.9. The summed E-state index contributed by atoms with van der Waals surface area (Å²) in [6, 6.07) is 17.2. The molecule has 10 heteroatoms. The van der Waals surface area contributed by atoms with Crippen molar-refractivity contribution >= 4 is 50.7 Å². The van der Waals surface area contributed by atoms with Gasteiger partial charge in [-0.15, -0.1) is 0 Å². The lowest BCUT2D eigenvalue weighted by Gasteiger charge is -2.34. The molecule has 0 aliphatic heterocycles. The van der Waals surface area contributed by atoms with Crippen LogP contribution >= 0.6 is 23.2 Å². The van der Waals surface area contributed by atoms with E-state index in [9.17, 15) is 18.0 Å². The van der Waals surface area contributed by atoms with E-state index in [1.807, 2.05) is 40.7 Å². The van der Waals surface area contributed by atoms with Gasteiger partial charge in [-0.05, 0) is 98.8 Å². The fraction of sp³-hybridized carbons (Fsp3) is 0.355. The summed E-state index contributed by atoms with van der Waals surface area (Å²) in [7, 11) is -4.17. The van der Waals surface area contributed by atoms with Gasteiger partial charge in [-0.3, -0.25) is 13.9 Å². The van der Waals surface area contributed by atoms with Crippen LogP contribution in [0.5, 0.6) is 0 Å². The predicted octanol–water partition coefficient (Wildman–Crippen LogP) is 6.53. The maximum Gasteiger partial charge on any atom is 0.264 e. The molecule has 0 radical (unpaired) electrons. The molecule has 220 valence electrons. The third kappa shape index (κ3) is 8.24. The monoisotopic (exact) mass is 617 g/mol. The summed E-state index contributed by atoms with van der Waals surface area (Å²) in [6.45, 7) is 9.10. The summed E-state index contributed by atoms with van der Waals surface area (Å²) >= 11 is 12.1. The molecule has 0 saturated heterocycles. The predicted molar refractivity (Wildman–Crippen MR) is 166 cm³/mol. The molecule has 0 aromatic heterocycles. The van der Waals surface area contributed by atoms with Gasteiger partial charge in [-0.25, -0.2) is 8.42 Å². The summed E-state index contributed by atoms with van der Waals surface area (Å²) in [4.78, 5) is 28.9. The van der Waals surface area contributed by atoms with Crippen molar-refractivity contribution in [2.45, 2.75) is 71.0 Å². The zero-order valence-corrected chi connectivity index (χ0v) is 26.4. The summed E-state index contributed by atoms with van der Waals surface area (Å²) in [5.41, 5.74) is 2.97. The van der Waals surface area contributed by atoms with Crippen LogP contribution in [0, 0.1) is 13.8 Å². The van der Waals surface area contributed by atoms with Crippen molar-refractivity contribution in [2.75, 3.05) is 10.8 Å². The number of sulfonamides is 1. The highest BCUT2D eigenvalue weighted by Crippen LogP contribution is 2.27. The van der Waals surface area contributed by atoms with Gasteiger partial charge < -0.3 is 10.2 Å². The quantitative estimate of drug-likeness (QED) is 0.250. The average Bonchev–Trinajstić information content (AvgIpc) is 2.94. The van der Waals surface area contributed by atoms with Crippen molar-refractivity contribution in [3.05, 3.63) is 93.5 Å². The van der Waals surface area contributed by atoms with E-state index >= 15 is 0 Å². The molecule has 3 rings (SSSR count). The molecule has 1 N–H and O–H groups in total. The Labute approximate surface area is 253 Å². The van der Waals surface area contributed by atoms with Crippen molar-refractivity contribution in [1.82, 2.24) is 10.2 Å². The van der Waals surface area contributed by atoms with Gasteiger partial charge in [0, 0.05) is 22.6 Å². The molecule has 2 atom stereocenters. The molecule has 0 bridgehead atoms. The van der Waals surface area contributed by atoms with Gasteiger partial charge in [0.2, 0.25) is 11.8 Å². The Bertz CT molecular complexity index is 1460. The van der Waals surface area contributed by atoms with Crippen LogP contribution in [-0.4, -0.2) is 43.8 Å². The first-order valence-electron chi connectivity index (χ1n) is 13.6. The highest BCUT2D eigenvalue weighted by Gasteiger charge is 2.34. The van der Waals surface area contributed by atoms with Gasteiger partial charge >= 0.3 is 0 Å². The third-order valence-electron chi connectivity index (χ3n) is 7.11. The summed E-state index contributed by atoms with van der Waals surface area (Å²) in [5.74, 6) is -0.802. The second-order valence-electron chi connectivity index (χ2n) is 10.1. The van der Waals surface area contributed by atoms with Crippen LogP contribution in [0.2, 0.25) is 10.0 Å². The van der Waals surface area contributed by atoms with Crippen LogP contribution in [-0.2, 0) is 26.2 Å². The molecule has 0 aliphatic rings. The molecule has 0 heterocycles. The van der Waals surface area contributed by atoms with E-state index in [0.717, 1.165) is 27.4 Å². The SMILES string of the molecule is CC[C@@H](C)NC(=O)[C@H](CC)N(Cc1ccc(Cl)cc1)C(=O)CN(c1ccc(C)c(C)c1)S(=O)(=O)c1ccc(Cl)cc1. The van der Waals surface area contributed by atoms with E-state index in [0.29, 0.717) is 22.2 Å². The van der Waals surface area contributed by atoms with Gasteiger partial charge in [0.25, 0.3) is 10.0 Å². The Morgan fingerprint density at radius 2 is 1.44 bits per heavy atom. The fourth-order valence-electron chi connectivity index (χ4n) is 4.29. The fourth-order valence-corrected chi connectivity index (χ4v) is 5.95. The Balaban J connectivity index is 2.08. The van der Waals surface area contributed by atoms with Crippen LogP contribution in [0.25, 0.3) is 0 Å². The standard InChI is InChI=1S/C31H37Cl2N3O4S/c1-6-23(5)34-31(38)29(7-2)35(19-24-9-11-25(32)12-10-24)30(37)20-36(27-15-8-21(3)22(4)18-27)41(39,40)28-16-13-26(33)14-17-28/h8-18,23,29H,6-7,19-20H2,1-5H3,(H,34,38)/t23-,29+/m1/s1. The third-order valence-corrected chi connectivity index (χ3v) is 9.40. The van der Waals surface area contributed by atoms with Crippen molar-refractivity contribution in [1.29, 1.82) is 0 Å². The lowest BCUT2D eigenvalue weighted by molar-refractivity contribution is -0.140. The largest absolute Gasteiger partial charge is 0.352 e. The molecule has 3 aromatic carbocycles. The van der Waals surface area contributed by atoms with Crippen molar-refractivity contribution < 1.29 is 18.0 Å². The molecule has 0 unspecified atom stereocenters. The molecule has 2 amide bonds. The summed E-state index contributed by atoms with van der Waals surface area (Å²) < 4.78 is 29.0. The van der Waals surface area contributed by atoms with Crippen LogP contribution in [0.1, 0.15) is 50.3 Å². The van der Waals surface area contributed by atoms with Gasteiger partial charge in [-0.2, -0.15) is 0 Å². The van der Waals surface area contributed by atoms with Crippen molar-refractivity contribution in [3.8, 4) is 0 Å². The van der Waals surface area contributed by atoms with Crippen LogP contribution < -0.4 is 9.62 Å². The first-order chi connectivity index (χ1) is 19.4. The van der Waals surface area contributed by atoms with Gasteiger partial charge in [0.05, 0.1) is 10.6 Å². The zero-order chi connectivity index (χ0) is 30.3. The lowest BCUT2D eigenvalue weighted by atomic mass is 10.1. The number of nitrogens with one attached hydrogen (secondary N) is 1. The number of hydrogen-bond acceptors (Lipinski definition) is 4. The maximum atomic E-state index is 14.1. The molecule has 0 spiro atoms. The number of halogens is 2. The Morgan fingerprint density at radius 1 is 0.854 bits per heavy atom. The molecule has 3 aromatic rings. The van der Waals surface area contributed by atoms with Crippen LogP contribution in [0.4, 0.5) is 5.69 Å². The number of carbonyl (C=O) groups is 2. The Morgan fingerprint density at radius 3 is 1.98 bits per heavy atom. The number of hydrogen-bond donors (Lipinski definition) is 1. The van der Waals surface area contributed by atoms with Gasteiger partial charge in [0.15, 0.2) is 0 Å². The Hall–Kier alpha value is -3.07. The average molecular weight is 619 g/mol. The first-order valence-corrected chi connectivity index (χ1v) is 15.8. The highest BCUT2D eigenvalue weighted by molar-refractivity contribution is 7.92. The molecular formula is C31H37Cl2N3O4S. The first kappa shape index (κ1) is 32.4. The number of nitrogens with zero attached hydrogens (tertiary/aromatic N) is 2. The Kier molecular flexibility index (Phi) is 11.2. The van der Waals surface area contributed by atoms with Crippen molar-refractivity contribution in [3.63, 3.8) is 0 Å². The highest BCUT2D eigenvalue weighted by atomic mass is 35.5. The van der Waals surface area contributed by atoms with Crippen LogP contribution in [0.3, 0.4) is 0 Å². The zero-order valence-electron chi connectivity index (χ0n) is 24.0. The number of amides is 2. The second kappa shape index (κ2) is 14.2. The minimum atomic E-state index is -4.17. The van der Waals surface area contributed by atoms with E-state index in [2.05, 4.69) is 5.32 Å². The smallest absolute Gasteiger partial charge is 0.264 e. The van der Waals surface area contributed by atoms with E-state index in [4.69, 9.17) is 23.2 Å². The van der Waals surface area contributed by atoms with Crippen LogP contribution in [0.15, 0.2) is 71.6 Å². The van der Waals surface area contributed by atoms with E-state index in [1.165, 1.54) is 29.2 Å². The molecule has 7 nitrogen and oxygen atoms in total. The van der Waals surface area contributed by atoms with Crippen molar-refractivity contribution in [2.24, 2.45) is 0 Å². The van der Waals surface area contributed by atoms with Gasteiger partial charge in [-0.1, -0.05) is 55.2 Å². The lowest BCUT2D eigenvalue weighted by Crippen LogP contribution is -2.53. The van der Waals surface area contributed by atoms with Gasteiger partial charge in [0.1, 0.15) is 12.6 Å². The summed E-state index contributed by atoms with van der Waals surface area (Å²) in [6.07, 6.45) is 1.07.